The van der Waals surface area contributed by atoms with Crippen LogP contribution in [0.5, 0.6) is 0 Å². The first-order chi connectivity index (χ1) is 19.2. The zero-order valence-corrected chi connectivity index (χ0v) is 22.0. The van der Waals surface area contributed by atoms with Gasteiger partial charge in [-0.25, -0.2) is 4.98 Å². The molecule has 0 aliphatic rings. The van der Waals surface area contributed by atoms with E-state index in [0.717, 1.165) is 16.5 Å². The van der Waals surface area contributed by atoms with Crippen LogP contribution in [0.4, 0.5) is 0 Å². The number of benzene rings is 5. The van der Waals surface area contributed by atoms with Gasteiger partial charge in [0.15, 0.2) is 10.9 Å². The van der Waals surface area contributed by atoms with Crippen LogP contribution in [0, 0.1) is 13.8 Å². The van der Waals surface area contributed by atoms with Crippen molar-refractivity contribution in [3.05, 3.63) is 106 Å². The first-order valence-electron chi connectivity index (χ1n) is 12.9. The third-order valence-electron chi connectivity index (χ3n) is 8.55. The number of hydrogen-bond acceptors (Lipinski definition) is 6. The normalized spacial score (nSPS) is 13.1. The number of hydrogen-bond donors (Lipinski definition) is 0. The summed E-state index contributed by atoms with van der Waals surface area (Å²) < 4.78 is 3.02. The molecule has 0 aliphatic heterocycles. The van der Waals surface area contributed by atoms with Gasteiger partial charge in [0.05, 0.1) is 11.0 Å². The maximum Gasteiger partial charge on any atom is 0.264 e. The van der Waals surface area contributed by atoms with E-state index >= 15 is 0 Å². The fourth-order valence-corrected chi connectivity index (χ4v) is 6.44. The highest BCUT2D eigenvalue weighted by molar-refractivity contribution is 6.25. The first kappa shape index (κ1) is 22.7. The molecule has 0 saturated heterocycles. The van der Waals surface area contributed by atoms with Crippen molar-refractivity contribution < 1.29 is 0 Å². The van der Waals surface area contributed by atoms with Crippen LogP contribution in [0.3, 0.4) is 0 Å². The van der Waals surface area contributed by atoms with E-state index in [1.165, 1.54) is 8.97 Å². The Labute approximate surface area is 223 Å². The molecule has 8 nitrogen and oxygen atoms in total. The molecule has 192 valence electrons. The molecule has 0 radical (unpaired) electrons. The van der Waals surface area contributed by atoms with Crippen LogP contribution in [0.1, 0.15) is 11.1 Å². The van der Waals surface area contributed by atoms with E-state index in [-0.39, 0.29) is 32.7 Å². The maximum atomic E-state index is 14.0. The summed E-state index contributed by atoms with van der Waals surface area (Å²) in [5, 5.41) is 5.03. The summed E-state index contributed by atoms with van der Waals surface area (Å²) >= 11 is 0. The molecule has 0 atom stereocenters. The molecule has 0 amide bonds. The molecule has 0 aliphatic carbocycles. The minimum atomic E-state index is -0.309. The van der Waals surface area contributed by atoms with Gasteiger partial charge in [0.25, 0.3) is 11.1 Å². The topological polar surface area (TPSA) is 103 Å². The number of aryl methyl sites for hydroxylation is 2. The SMILES string of the molecule is CN=c1c2ccc3c4c(ccc(c(=O)n1C)c24)c(=O)n1c2cc4c(=O)c5cc(C)c(C)cc5c(=O)c4cc2nc31. The molecule has 0 N–H and O–H groups in total. The molecule has 8 aromatic rings. The summed E-state index contributed by atoms with van der Waals surface area (Å²) in [6.07, 6.45) is 0. The van der Waals surface area contributed by atoms with E-state index in [9.17, 15) is 19.2 Å². The van der Waals surface area contributed by atoms with E-state index in [1.54, 1.807) is 50.5 Å². The highest BCUT2D eigenvalue weighted by Gasteiger charge is 2.22. The lowest BCUT2D eigenvalue weighted by atomic mass is 9.96. The second kappa shape index (κ2) is 7.24. The van der Waals surface area contributed by atoms with Crippen molar-refractivity contribution in [2.45, 2.75) is 13.8 Å². The predicted octanol–water partition coefficient (Wildman–Crippen LogP) is 3.49. The summed E-state index contributed by atoms with van der Waals surface area (Å²) in [6, 6.07) is 13.9. The molecule has 0 bridgehead atoms. The number of nitrogens with zero attached hydrogens (tertiary/aromatic N) is 4. The smallest absolute Gasteiger partial charge is 0.264 e. The molecule has 3 heterocycles. The molecule has 3 aromatic heterocycles. The van der Waals surface area contributed by atoms with Gasteiger partial charge in [0.2, 0.25) is 0 Å². The van der Waals surface area contributed by atoms with Gasteiger partial charge in [-0.15, -0.1) is 0 Å². The van der Waals surface area contributed by atoms with Crippen LogP contribution < -0.4 is 27.5 Å². The van der Waals surface area contributed by atoms with Crippen LogP contribution in [0.2, 0.25) is 0 Å². The average Bonchev–Trinajstić information content (AvgIpc) is 3.33. The van der Waals surface area contributed by atoms with E-state index in [1.807, 2.05) is 26.0 Å². The van der Waals surface area contributed by atoms with Crippen molar-refractivity contribution in [1.82, 2.24) is 14.0 Å². The van der Waals surface area contributed by atoms with Crippen LogP contribution in [-0.4, -0.2) is 21.0 Å². The van der Waals surface area contributed by atoms with Crippen molar-refractivity contribution in [3.63, 3.8) is 0 Å². The fourth-order valence-electron chi connectivity index (χ4n) is 6.44. The number of aromatic nitrogens is 3. The van der Waals surface area contributed by atoms with Crippen molar-refractivity contribution in [2.75, 3.05) is 7.05 Å². The summed E-state index contributed by atoms with van der Waals surface area (Å²) in [6.45, 7) is 3.82. The lowest BCUT2D eigenvalue weighted by Crippen LogP contribution is -2.31. The van der Waals surface area contributed by atoms with Crippen molar-refractivity contribution in [3.8, 4) is 0 Å². The Morgan fingerprint density at radius 3 is 1.82 bits per heavy atom. The molecule has 8 rings (SSSR count). The zero-order chi connectivity index (χ0) is 27.8. The highest BCUT2D eigenvalue weighted by Crippen LogP contribution is 2.34. The molecule has 0 spiro atoms. The van der Waals surface area contributed by atoms with Crippen LogP contribution in [0.15, 0.2) is 72.7 Å². The van der Waals surface area contributed by atoms with Gasteiger partial charge in [0.1, 0.15) is 11.1 Å². The molecule has 40 heavy (non-hydrogen) atoms. The van der Waals surface area contributed by atoms with Gasteiger partial charge in [0, 0.05) is 68.0 Å². The van der Waals surface area contributed by atoms with Crippen LogP contribution in [0.25, 0.3) is 70.5 Å². The molecule has 0 unspecified atom stereocenters. The fraction of sp³-hybridized carbons (Fsp3) is 0.125. The minimum absolute atomic E-state index is 0.196. The van der Waals surface area contributed by atoms with E-state index < -0.39 is 0 Å². The third-order valence-corrected chi connectivity index (χ3v) is 8.55. The Morgan fingerprint density at radius 2 is 1.18 bits per heavy atom. The second-order valence-electron chi connectivity index (χ2n) is 10.6. The van der Waals surface area contributed by atoms with Gasteiger partial charge in [-0.2, -0.15) is 0 Å². The quantitative estimate of drug-likeness (QED) is 0.223. The summed E-state index contributed by atoms with van der Waals surface area (Å²) in [7, 11) is 3.32. The summed E-state index contributed by atoms with van der Waals surface area (Å²) in [5.74, 6) is 0. The van der Waals surface area contributed by atoms with Gasteiger partial charge in [-0.05, 0) is 73.5 Å². The first-order valence-corrected chi connectivity index (χ1v) is 12.9. The summed E-state index contributed by atoms with van der Waals surface area (Å²) in [4.78, 5) is 63.5. The molecular weight excluding hydrogens is 504 g/mol. The van der Waals surface area contributed by atoms with Gasteiger partial charge in [-0.3, -0.25) is 33.1 Å². The third kappa shape index (κ3) is 2.51. The number of imidazole rings is 1. The maximum absolute atomic E-state index is 14.0. The molecular formula is C32H20N4O4. The molecule has 0 fully saturated rings. The largest absolute Gasteiger partial charge is 0.296 e. The Bertz CT molecular complexity index is 2780. The molecule has 5 aromatic carbocycles. The van der Waals surface area contributed by atoms with Crippen molar-refractivity contribution >= 4 is 70.5 Å². The number of pyridine rings is 2. The zero-order valence-electron chi connectivity index (χ0n) is 22.0. The molecule has 8 heteroatoms. The Kier molecular flexibility index (Phi) is 4.11. The minimum Gasteiger partial charge on any atom is -0.296 e. The Hall–Kier alpha value is -5.24. The van der Waals surface area contributed by atoms with Gasteiger partial charge in [-0.1, -0.05) is 0 Å². The summed E-state index contributed by atoms with van der Waals surface area (Å²) in [5.41, 5.74) is 2.72. The number of rotatable bonds is 0. The number of fused-ring (bicyclic) bond motifs is 6. The van der Waals surface area contributed by atoms with Crippen LogP contribution >= 0.6 is 0 Å². The lowest BCUT2D eigenvalue weighted by Gasteiger charge is -2.13. The van der Waals surface area contributed by atoms with E-state index in [2.05, 4.69) is 4.99 Å². The Balaban J connectivity index is 1.63. The van der Waals surface area contributed by atoms with Crippen molar-refractivity contribution in [2.24, 2.45) is 12.0 Å². The second-order valence-corrected chi connectivity index (χ2v) is 10.6. The highest BCUT2D eigenvalue weighted by atomic mass is 16.1. The van der Waals surface area contributed by atoms with E-state index in [4.69, 9.17) is 4.98 Å². The van der Waals surface area contributed by atoms with Gasteiger partial charge < -0.3 is 0 Å². The van der Waals surface area contributed by atoms with E-state index in [0.29, 0.717) is 59.9 Å². The van der Waals surface area contributed by atoms with Crippen molar-refractivity contribution in [1.29, 1.82) is 0 Å². The standard InChI is InChI=1S/C32H20N4O4/c1-13-9-19-20(10-14(13)2)28(38)22-12-24-23(11-21(22)27(19)37)34-30-16-6-5-15-25-17(31(39)35(4)29(15)33-3)7-8-18(26(16)25)32(40)36(24)30/h5-12H,1-4H3. The molecule has 0 saturated carbocycles. The Morgan fingerprint density at radius 1 is 0.650 bits per heavy atom. The monoisotopic (exact) mass is 524 g/mol. The predicted molar refractivity (Wildman–Crippen MR) is 159 cm³/mol. The van der Waals surface area contributed by atoms with Crippen LogP contribution in [-0.2, 0) is 7.05 Å². The average molecular weight is 525 g/mol. The van der Waals surface area contributed by atoms with Gasteiger partial charge >= 0.3 is 0 Å². The lowest BCUT2D eigenvalue weighted by molar-refractivity contribution is 0.813.